The molecule has 0 N–H and O–H groups in total. The molecule has 1 aliphatic rings. The Labute approximate surface area is 334 Å². The van der Waals surface area contributed by atoms with Gasteiger partial charge in [-0.3, -0.25) is 19.2 Å². The van der Waals surface area contributed by atoms with Crippen molar-refractivity contribution in [2.45, 2.75) is 76.0 Å². The normalized spacial score (nSPS) is 25.0. The molecule has 0 spiro atoms. The van der Waals surface area contributed by atoms with E-state index in [2.05, 4.69) is 18.9 Å². The minimum absolute atomic E-state index is 0.279. The van der Waals surface area contributed by atoms with Crippen LogP contribution in [-0.2, 0) is 93.9 Å². The molecule has 0 aromatic rings. The third-order valence-electron chi connectivity index (χ3n) is 8.58. The first-order valence-corrected chi connectivity index (χ1v) is 34.8. The van der Waals surface area contributed by atoms with Crippen molar-refractivity contribution in [2.75, 3.05) is 74.5 Å². The summed E-state index contributed by atoms with van der Waals surface area (Å²) in [4.78, 5) is 46.8. The van der Waals surface area contributed by atoms with Crippen LogP contribution in [0.4, 0.5) is 0 Å². The van der Waals surface area contributed by atoms with Crippen molar-refractivity contribution in [1.29, 1.82) is 0 Å². The zero-order chi connectivity index (χ0) is 43.3. The lowest BCUT2D eigenvalue weighted by Gasteiger charge is -2.50. The first kappa shape index (κ1) is 52.4. The van der Waals surface area contributed by atoms with Gasteiger partial charge in [-0.25, -0.2) is 33.7 Å². The van der Waals surface area contributed by atoms with E-state index in [1.165, 1.54) is 26.2 Å². The minimum Gasteiger partial charge on any atom is -0.469 e. The van der Waals surface area contributed by atoms with Gasteiger partial charge < -0.3 is 35.4 Å². The molecule has 0 aliphatic carbocycles. The van der Waals surface area contributed by atoms with Crippen LogP contribution < -0.4 is 0 Å². The summed E-state index contributed by atoms with van der Waals surface area (Å²) in [5.41, 5.74) is 0. The van der Waals surface area contributed by atoms with Gasteiger partial charge in [0.25, 0.3) is 0 Å². The summed E-state index contributed by atoms with van der Waals surface area (Å²) in [5.74, 6) is -7.47. The second-order valence-corrected chi connectivity index (χ2v) is 37.4. The van der Waals surface area contributed by atoms with Gasteiger partial charge in [-0.15, -0.1) is 0 Å². The molecule has 0 bridgehead atoms. The maximum Gasteiger partial charge on any atom is 0.318 e. The quantitative estimate of drug-likeness (QED) is 0.0713. The number of methoxy groups -OCH3 is 4. The van der Waals surface area contributed by atoms with Crippen molar-refractivity contribution < 1.29 is 88.3 Å². The van der Waals surface area contributed by atoms with E-state index < -0.39 is 169 Å². The smallest absolute Gasteiger partial charge is 0.318 e. The molecule has 0 aromatic carbocycles. The predicted molar refractivity (Wildman–Crippen MR) is 211 cm³/mol. The molecule has 1 saturated heterocycles. The Bertz CT molecular complexity index is 1550. The van der Waals surface area contributed by atoms with Gasteiger partial charge >= 0.3 is 58.1 Å². The number of hydrogen-bond acceptors (Lipinski definition) is 20. The standard InChI is InChI=1S/C28H56O20S4Si4/c1-41-25(29)9-13-49(33,34)17-21-53(5)45-54(6,22-18-50(35,36)14-10-26(30)42-2)47-56(8,24-20-52(39,40)16-12-28(32)44-4)48-55(7,46-53)23-19-51(37,38)15-11-27(31)43-3/h9-24H2,1-8H3. The maximum absolute atomic E-state index is 13.1. The molecule has 0 radical (unpaired) electrons. The van der Waals surface area contributed by atoms with Crippen LogP contribution in [0.1, 0.15) is 25.7 Å². The van der Waals surface area contributed by atoms with Crippen molar-refractivity contribution in [3.63, 3.8) is 0 Å². The number of ether oxygens (including phenoxy) is 4. The van der Waals surface area contributed by atoms with Gasteiger partial charge in [0, 0.05) is 24.2 Å². The maximum atomic E-state index is 13.1. The lowest BCUT2D eigenvalue weighted by Crippen LogP contribution is -2.68. The Hall–Kier alpha value is -1.61. The molecule has 0 amide bonds. The van der Waals surface area contributed by atoms with Gasteiger partial charge in [-0.05, 0) is 26.2 Å². The van der Waals surface area contributed by atoms with E-state index in [9.17, 15) is 52.8 Å². The summed E-state index contributed by atoms with van der Waals surface area (Å²) in [7, 11) is -26.9. The van der Waals surface area contributed by atoms with Crippen molar-refractivity contribution in [1.82, 2.24) is 0 Å². The Morgan fingerprint density at radius 3 is 0.661 bits per heavy atom. The molecule has 56 heavy (non-hydrogen) atoms. The van der Waals surface area contributed by atoms with Crippen LogP contribution in [0.25, 0.3) is 0 Å². The Morgan fingerprint density at radius 2 is 0.518 bits per heavy atom. The average molecular weight is 953 g/mol. The van der Waals surface area contributed by atoms with Crippen LogP contribution in [-0.4, -0.2) is 166 Å². The van der Waals surface area contributed by atoms with Gasteiger partial charge in [0.1, 0.15) is 0 Å². The molecule has 328 valence electrons. The van der Waals surface area contributed by atoms with E-state index in [0.29, 0.717) is 0 Å². The van der Waals surface area contributed by atoms with Crippen molar-refractivity contribution in [2.24, 2.45) is 0 Å². The molecule has 1 heterocycles. The highest BCUT2D eigenvalue weighted by Gasteiger charge is 2.57. The lowest BCUT2D eigenvalue weighted by molar-refractivity contribution is -0.141. The Morgan fingerprint density at radius 1 is 0.357 bits per heavy atom. The Kier molecular flexibility index (Phi) is 20.2. The molecule has 0 unspecified atom stereocenters. The fourth-order valence-electron chi connectivity index (χ4n) is 5.45. The first-order valence-electron chi connectivity index (χ1n) is 17.4. The van der Waals surface area contributed by atoms with Crippen LogP contribution in [0.5, 0.6) is 0 Å². The van der Waals surface area contributed by atoms with E-state index >= 15 is 0 Å². The van der Waals surface area contributed by atoms with E-state index in [0.717, 1.165) is 28.4 Å². The monoisotopic (exact) mass is 952 g/mol. The number of hydrogen-bond donors (Lipinski definition) is 0. The number of esters is 4. The topological polar surface area (TPSA) is 279 Å². The largest absolute Gasteiger partial charge is 0.469 e. The molecule has 28 heteroatoms. The second-order valence-electron chi connectivity index (χ2n) is 13.9. The summed E-state index contributed by atoms with van der Waals surface area (Å²) >= 11 is 0. The summed E-state index contributed by atoms with van der Waals surface area (Å²) in [6, 6.07) is -1.12. The van der Waals surface area contributed by atoms with Crippen molar-refractivity contribution >= 4 is 97.5 Å². The molecular formula is C28H56O20S4Si4. The molecule has 0 aromatic heterocycles. The third kappa shape index (κ3) is 20.4. The third-order valence-corrected chi connectivity index (χ3v) is 35.1. The fraction of sp³-hybridized carbons (Fsp3) is 0.857. The van der Waals surface area contributed by atoms with Gasteiger partial charge in [-0.2, -0.15) is 0 Å². The number of rotatable bonds is 24. The molecule has 0 atom stereocenters. The van der Waals surface area contributed by atoms with Crippen LogP contribution in [0.2, 0.25) is 50.4 Å². The molecule has 20 nitrogen and oxygen atoms in total. The average Bonchev–Trinajstić information content (AvgIpc) is 3.10. The van der Waals surface area contributed by atoms with Crippen LogP contribution >= 0.6 is 0 Å². The molecule has 1 fully saturated rings. The summed E-state index contributed by atoms with van der Waals surface area (Å²) in [6.45, 7) is 6.02. The van der Waals surface area contributed by atoms with Gasteiger partial charge in [0.2, 0.25) is 0 Å². The number of carbonyl (C=O) groups excluding carboxylic acids is 4. The fourth-order valence-corrected chi connectivity index (χ4v) is 39.1. The van der Waals surface area contributed by atoms with Crippen LogP contribution in [0, 0.1) is 0 Å². The van der Waals surface area contributed by atoms with Crippen molar-refractivity contribution in [3.05, 3.63) is 0 Å². The summed E-state index contributed by atoms with van der Waals surface area (Å²) in [5, 5.41) is 0. The molecule has 0 saturated carbocycles. The molecule has 1 aliphatic heterocycles. The zero-order valence-corrected chi connectivity index (χ0v) is 40.4. The van der Waals surface area contributed by atoms with E-state index in [4.69, 9.17) is 16.5 Å². The highest BCUT2D eigenvalue weighted by molar-refractivity contribution is 7.92. The molecular weight excluding hydrogens is 897 g/mol. The van der Waals surface area contributed by atoms with E-state index in [1.54, 1.807) is 0 Å². The highest BCUT2D eigenvalue weighted by atomic mass is 32.2. The first-order chi connectivity index (χ1) is 25.5. The SMILES string of the molecule is COC(=O)CCS(=O)(=O)CC[Si]1(C)O[Si](C)(CCS(=O)(=O)CCC(=O)OC)O[Si](C)(CCS(=O)(=O)CCC(=O)OC)O[Si](C)(CCS(=O)(=O)CCC(=O)OC)O1. The van der Waals surface area contributed by atoms with Gasteiger partial charge in [-0.1, -0.05) is 0 Å². The highest BCUT2D eigenvalue weighted by Crippen LogP contribution is 2.38. The van der Waals surface area contributed by atoms with Gasteiger partial charge in [0.05, 0.1) is 100 Å². The van der Waals surface area contributed by atoms with E-state index in [1.807, 2.05) is 0 Å². The van der Waals surface area contributed by atoms with Crippen molar-refractivity contribution in [3.8, 4) is 0 Å². The summed E-state index contributed by atoms with van der Waals surface area (Å²) < 4.78 is 150. The minimum atomic E-state index is -3.94. The number of sulfone groups is 4. The second kappa shape index (κ2) is 21.6. The Balaban J connectivity index is 3.73. The van der Waals surface area contributed by atoms with E-state index in [-0.39, 0.29) is 24.2 Å². The lowest BCUT2D eigenvalue weighted by atomic mass is 10.5. The number of carbonyl (C=O) groups is 4. The van der Waals surface area contributed by atoms with Gasteiger partial charge in [0.15, 0.2) is 39.3 Å². The van der Waals surface area contributed by atoms with Crippen LogP contribution in [0.15, 0.2) is 0 Å². The predicted octanol–water partition coefficient (Wildman–Crippen LogP) is 0.266. The summed E-state index contributed by atoms with van der Waals surface area (Å²) in [6.07, 6.45) is -1.71. The molecule has 1 rings (SSSR count). The zero-order valence-electron chi connectivity index (χ0n) is 33.1. The van der Waals surface area contributed by atoms with Crippen LogP contribution in [0.3, 0.4) is 0 Å².